The number of fused-ring (bicyclic) bond motifs is 5. The van der Waals surface area contributed by atoms with Gasteiger partial charge in [0.1, 0.15) is 0 Å². The second kappa shape index (κ2) is 12.7. The van der Waals surface area contributed by atoms with Gasteiger partial charge in [0, 0.05) is 6.10 Å². The van der Waals surface area contributed by atoms with Crippen LogP contribution < -0.4 is 0 Å². The Bertz CT molecular complexity index is 892. The van der Waals surface area contributed by atoms with Gasteiger partial charge in [0.15, 0.2) is 8.32 Å². The zero-order chi connectivity index (χ0) is 29.3. The summed E-state index contributed by atoms with van der Waals surface area (Å²) in [4.78, 5) is 0. The molecule has 0 spiro atoms. The Balaban J connectivity index is 1.34. The van der Waals surface area contributed by atoms with E-state index in [1.165, 1.54) is 89.9 Å². The maximum Gasteiger partial charge on any atom is 0.192 e. The van der Waals surface area contributed by atoms with Crippen LogP contribution >= 0.6 is 0 Å². The van der Waals surface area contributed by atoms with E-state index in [1.807, 2.05) is 0 Å². The highest BCUT2D eigenvalue weighted by molar-refractivity contribution is 6.74. The van der Waals surface area contributed by atoms with Crippen molar-refractivity contribution in [3.8, 4) is 0 Å². The number of rotatable bonds is 11. The lowest BCUT2D eigenvalue weighted by atomic mass is 9.47. The molecular weight excluding hydrogens is 501 g/mol. The molecule has 0 radical (unpaired) electrons. The largest absolute Gasteiger partial charge is 0.414 e. The summed E-state index contributed by atoms with van der Waals surface area (Å²) in [6.07, 6.45) is 27.7. The Kier molecular flexibility index (Phi) is 10.4. The quantitative estimate of drug-likeness (QED) is 0.137. The molecule has 40 heavy (non-hydrogen) atoms. The molecule has 0 aromatic rings. The molecule has 3 saturated carbocycles. The number of allylic oxidation sites excluding steroid dienone is 3. The summed E-state index contributed by atoms with van der Waals surface area (Å²) < 4.78 is 6.96. The van der Waals surface area contributed by atoms with E-state index in [4.69, 9.17) is 4.43 Å². The van der Waals surface area contributed by atoms with Crippen molar-refractivity contribution in [2.45, 2.75) is 170 Å². The highest BCUT2D eigenvalue weighted by Gasteiger charge is 2.59. The van der Waals surface area contributed by atoms with E-state index < -0.39 is 8.32 Å². The Labute approximate surface area is 251 Å². The molecule has 0 aromatic heterocycles. The van der Waals surface area contributed by atoms with E-state index in [9.17, 15) is 0 Å². The molecule has 0 aliphatic heterocycles. The molecule has 3 fully saturated rings. The number of hydrogen-bond donors (Lipinski definition) is 0. The van der Waals surface area contributed by atoms with Crippen molar-refractivity contribution in [3.63, 3.8) is 0 Å². The van der Waals surface area contributed by atoms with Gasteiger partial charge in [-0.1, -0.05) is 105 Å². The van der Waals surface area contributed by atoms with E-state index in [-0.39, 0.29) is 0 Å². The van der Waals surface area contributed by atoms with Gasteiger partial charge >= 0.3 is 0 Å². The Morgan fingerprint density at radius 1 is 0.950 bits per heavy atom. The molecule has 0 N–H and O–H groups in total. The number of unbranched alkanes of at least 4 members (excludes halogenated alkanes) is 4. The minimum Gasteiger partial charge on any atom is -0.414 e. The fourth-order valence-electron chi connectivity index (χ4n) is 9.84. The lowest BCUT2D eigenvalue weighted by Gasteiger charge is -2.59. The van der Waals surface area contributed by atoms with Gasteiger partial charge in [-0.05, 0) is 129 Å². The first kappa shape index (κ1) is 32.6. The summed E-state index contributed by atoms with van der Waals surface area (Å²) in [5, 5.41) is 0.298. The Morgan fingerprint density at radius 3 is 2.38 bits per heavy atom. The molecule has 8 atom stereocenters. The molecule has 4 aliphatic carbocycles. The monoisotopic (exact) mass is 569 g/mol. The van der Waals surface area contributed by atoms with Crippen molar-refractivity contribution >= 4 is 8.32 Å². The van der Waals surface area contributed by atoms with Gasteiger partial charge in [0.2, 0.25) is 0 Å². The Hall–Kier alpha value is -0.343. The van der Waals surface area contributed by atoms with Gasteiger partial charge in [-0.3, -0.25) is 0 Å². The van der Waals surface area contributed by atoms with Crippen LogP contribution in [-0.2, 0) is 4.43 Å². The topological polar surface area (TPSA) is 9.23 Å². The molecule has 0 heterocycles. The van der Waals surface area contributed by atoms with Crippen LogP contribution in [0.3, 0.4) is 0 Å². The van der Waals surface area contributed by atoms with Crippen LogP contribution in [0.4, 0.5) is 0 Å². The van der Waals surface area contributed by atoms with E-state index >= 15 is 0 Å². The van der Waals surface area contributed by atoms with E-state index in [0.29, 0.717) is 22.0 Å². The highest BCUT2D eigenvalue weighted by Crippen LogP contribution is 2.67. The van der Waals surface area contributed by atoms with Crippen LogP contribution in [0.1, 0.15) is 145 Å². The summed E-state index contributed by atoms with van der Waals surface area (Å²) in [7, 11) is -1.71. The fraction of sp³-hybridized carbons (Fsp3) is 0.895. The van der Waals surface area contributed by atoms with Crippen LogP contribution in [0.2, 0.25) is 18.1 Å². The molecular formula is C38H68OSi. The zero-order valence-corrected chi connectivity index (χ0v) is 29.6. The van der Waals surface area contributed by atoms with Crippen molar-refractivity contribution in [1.29, 1.82) is 0 Å². The SMILES string of the molecule is CC(C)CCCCCC/C=C/[C@@H](C)[C@H]1CCC2[C@@H]3CC=C4C[C@@H](O[Si](C)(C)C(C)(C)C)CC[C@]4(C)[C@H]3CC[C@@]21C. The lowest BCUT2D eigenvalue weighted by molar-refractivity contribution is -0.0532. The van der Waals surface area contributed by atoms with Gasteiger partial charge in [-0.25, -0.2) is 0 Å². The molecule has 2 heteroatoms. The summed E-state index contributed by atoms with van der Waals surface area (Å²) in [5.74, 6) is 5.23. The van der Waals surface area contributed by atoms with Crippen LogP contribution in [0, 0.1) is 46.3 Å². The van der Waals surface area contributed by atoms with Crippen molar-refractivity contribution in [3.05, 3.63) is 23.8 Å². The predicted octanol–water partition coefficient (Wildman–Crippen LogP) is 12.1. The highest BCUT2D eigenvalue weighted by atomic mass is 28.4. The maximum atomic E-state index is 6.96. The average Bonchev–Trinajstić information content (AvgIpc) is 3.22. The third-order valence-corrected chi connectivity index (χ3v) is 17.9. The minimum absolute atomic E-state index is 0.298. The molecule has 4 aliphatic rings. The third-order valence-electron chi connectivity index (χ3n) is 13.4. The molecule has 0 saturated heterocycles. The second-order valence-corrected chi connectivity index (χ2v) is 22.2. The van der Waals surface area contributed by atoms with Gasteiger partial charge in [0.05, 0.1) is 0 Å². The molecule has 4 rings (SSSR count). The minimum atomic E-state index is -1.71. The normalized spacial score (nSPS) is 37.3. The van der Waals surface area contributed by atoms with E-state index in [0.717, 1.165) is 35.5 Å². The van der Waals surface area contributed by atoms with Gasteiger partial charge in [-0.2, -0.15) is 0 Å². The first-order valence-electron chi connectivity index (χ1n) is 17.7. The van der Waals surface area contributed by atoms with Crippen molar-refractivity contribution in [1.82, 2.24) is 0 Å². The van der Waals surface area contributed by atoms with Gasteiger partial charge in [-0.15, -0.1) is 0 Å². The van der Waals surface area contributed by atoms with Crippen LogP contribution in [0.25, 0.3) is 0 Å². The predicted molar refractivity (Wildman–Crippen MR) is 178 cm³/mol. The molecule has 0 amide bonds. The molecule has 230 valence electrons. The first-order valence-corrected chi connectivity index (χ1v) is 20.6. The van der Waals surface area contributed by atoms with E-state index in [1.54, 1.807) is 5.57 Å². The van der Waals surface area contributed by atoms with Crippen LogP contribution in [0.5, 0.6) is 0 Å². The van der Waals surface area contributed by atoms with Crippen LogP contribution in [0.15, 0.2) is 23.8 Å². The molecule has 0 aromatic carbocycles. The fourth-order valence-corrected chi connectivity index (χ4v) is 11.2. The zero-order valence-electron chi connectivity index (χ0n) is 28.6. The van der Waals surface area contributed by atoms with Gasteiger partial charge < -0.3 is 4.43 Å². The summed E-state index contributed by atoms with van der Waals surface area (Å²) in [6.45, 7) is 24.7. The van der Waals surface area contributed by atoms with Crippen LogP contribution in [-0.4, -0.2) is 14.4 Å². The van der Waals surface area contributed by atoms with Crippen molar-refractivity contribution in [2.24, 2.45) is 46.3 Å². The maximum absolute atomic E-state index is 6.96. The summed E-state index contributed by atoms with van der Waals surface area (Å²) in [6, 6.07) is 0. The number of hydrogen-bond acceptors (Lipinski definition) is 1. The molecule has 1 nitrogen and oxygen atoms in total. The van der Waals surface area contributed by atoms with Crippen molar-refractivity contribution in [2.75, 3.05) is 0 Å². The summed E-state index contributed by atoms with van der Waals surface area (Å²) in [5.41, 5.74) is 2.75. The molecule has 1 unspecified atom stereocenters. The van der Waals surface area contributed by atoms with Gasteiger partial charge in [0.25, 0.3) is 0 Å². The average molecular weight is 569 g/mol. The molecule has 0 bridgehead atoms. The van der Waals surface area contributed by atoms with Crippen molar-refractivity contribution < 1.29 is 4.43 Å². The Morgan fingerprint density at radius 2 is 1.68 bits per heavy atom. The van der Waals surface area contributed by atoms with E-state index in [2.05, 4.69) is 86.7 Å². The smallest absolute Gasteiger partial charge is 0.192 e. The lowest BCUT2D eigenvalue weighted by Crippen LogP contribution is -2.52. The standard InChI is InChI=1S/C38H68OSi/c1-28(2)17-15-13-11-12-14-16-18-29(3)33-21-22-34-32-20-19-30-27-31(39-40(9,10)36(4,5)6)23-25-37(30,7)35(32)24-26-38(33,34)8/h16,18-19,28-29,31-35H,11-15,17,20-27H2,1-10H3/b18-16+/t29-,31+,32+,33-,34?,35+,37+,38-/m1/s1. The summed E-state index contributed by atoms with van der Waals surface area (Å²) >= 11 is 0. The first-order chi connectivity index (χ1) is 18.7. The second-order valence-electron chi connectivity index (χ2n) is 17.4. The third kappa shape index (κ3) is 6.74.